The lowest BCUT2D eigenvalue weighted by atomic mass is 10.1. The van der Waals surface area contributed by atoms with Crippen molar-refractivity contribution < 1.29 is 9.90 Å². The topological polar surface area (TPSA) is 72.2 Å². The van der Waals surface area contributed by atoms with Crippen molar-refractivity contribution in [1.29, 1.82) is 0 Å². The van der Waals surface area contributed by atoms with Crippen molar-refractivity contribution >= 4 is 27.8 Å². The highest BCUT2D eigenvalue weighted by molar-refractivity contribution is 6.04. The third-order valence-corrected chi connectivity index (χ3v) is 4.26. The van der Waals surface area contributed by atoms with Crippen molar-refractivity contribution in [3.05, 3.63) is 82.3 Å². The first-order valence-electron chi connectivity index (χ1n) is 7.81. The number of hydrogen-bond acceptors (Lipinski definition) is 3. The Labute approximate surface area is 142 Å². The maximum absolute atomic E-state index is 12.8. The molecular weight excluding hydrogens is 316 g/mol. The minimum absolute atomic E-state index is 0.214. The van der Waals surface area contributed by atoms with Crippen LogP contribution in [0.4, 0.5) is 0 Å². The molecule has 0 aliphatic carbocycles. The molecule has 122 valence electrons. The fourth-order valence-corrected chi connectivity index (χ4v) is 3.05. The van der Waals surface area contributed by atoms with E-state index in [2.05, 4.69) is 4.98 Å². The standard InChI is InChI=1S/C20H14N2O3/c1-12-6-5-7-13-10-14-11-22(15-8-3-2-4-9-15)19(23)16(20(24)25)18(14)21-17(12)13/h2-11H,1H3,(H,24,25). The summed E-state index contributed by atoms with van der Waals surface area (Å²) in [5, 5.41) is 11.1. The summed E-state index contributed by atoms with van der Waals surface area (Å²) in [5.41, 5.74) is 1.56. The average molecular weight is 330 g/mol. The molecule has 4 rings (SSSR count). The Morgan fingerprint density at radius 2 is 1.76 bits per heavy atom. The first kappa shape index (κ1) is 15.1. The van der Waals surface area contributed by atoms with Gasteiger partial charge in [-0.05, 0) is 30.7 Å². The molecule has 0 unspecified atom stereocenters. The van der Waals surface area contributed by atoms with Gasteiger partial charge in [-0.15, -0.1) is 0 Å². The van der Waals surface area contributed by atoms with Gasteiger partial charge in [0.2, 0.25) is 0 Å². The van der Waals surface area contributed by atoms with E-state index in [1.807, 2.05) is 37.3 Å². The van der Waals surface area contributed by atoms with Crippen LogP contribution in [-0.2, 0) is 0 Å². The SMILES string of the molecule is Cc1cccc2cc3cn(-c4ccccc4)c(=O)c(C(=O)O)c3nc12. The van der Waals surface area contributed by atoms with Gasteiger partial charge in [-0.1, -0.05) is 36.4 Å². The van der Waals surface area contributed by atoms with Crippen LogP contribution in [0.2, 0.25) is 0 Å². The Hall–Kier alpha value is -3.47. The highest BCUT2D eigenvalue weighted by Gasteiger charge is 2.19. The number of aryl methyl sites for hydroxylation is 1. The zero-order valence-electron chi connectivity index (χ0n) is 13.4. The van der Waals surface area contributed by atoms with Gasteiger partial charge in [0.15, 0.2) is 5.56 Å². The second-order valence-electron chi connectivity index (χ2n) is 5.89. The maximum atomic E-state index is 12.8. The zero-order chi connectivity index (χ0) is 17.6. The van der Waals surface area contributed by atoms with Gasteiger partial charge in [0.1, 0.15) is 0 Å². The van der Waals surface area contributed by atoms with Gasteiger partial charge in [0.05, 0.1) is 11.0 Å². The maximum Gasteiger partial charge on any atom is 0.343 e. The van der Waals surface area contributed by atoms with E-state index in [0.29, 0.717) is 16.6 Å². The minimum atomic E-state index is -1.28. The predicted molar refractivity (Wildman–Crippen MR) is 96.5 cm³/mol. The van der Waals surface area contributed by atoms with Crippen molar-refractivity contribution in [3.8, 4) is 5.69 Å². The van der Waals surface area contributed by atoms with Gasteiger partial charge in [-0.3, -0.25) is 9.36 Å². The van der Waals surface area contributed by atoms with E-state index in [-0.39, 0.29) is 11.1 Å². The molecule has 0 aliphatic rings. The number of nitrogens with zero attached hydrogens (tertiary/aromatic N) is 2. The molecular formula is C20H14N2O3. The minimum Gasteiger partial charge on any atom is -0.477 e. The van der Waals surface area contributed by atoms with Gasteiger partial charge in [0, 0.05) is 22.7 Å². The Kier molecular flexibility index (Phi) is 3.35. The normalized spacial score (nSPS) is 11.1. The average Bonchev–Trinajstić information content (AvgIpc) is 2.61. The van der Waals surface area contributed by atoms with Crippen LogP contribution in [0.15, 0.2) is 65.6 Å². The van der Waals surface area contributed by atoms with E-state index in [1.54, 1.807) is 30.5 Å². The van der Waals surface area contributed by atoms with E-state index in [4.69, 9.17) is 0 Å². The number of fused-ring (bicyclic) bond motifs is 2. The zero-order valence-corrected chi connectivity index (χ0v) is 13.4. The van der Waals surface area contributed by atoms with Gasteiger partial charge < -0.3 is 5.11 Å². The van der Waals surface area contributed by atoms with Crippen LogP contribution in [0.1, 0.15) is 15.9 Å². The van der Waals surface area contributed by atoms with Gasteiger partial charge in [0.25, 0.3) is 5.56 Å². The van der Waals surface area contributed by atoms with E-state index in [1.165, 1.54) is 4.57 Å². The molecule has 5 heteroatoms. The molecule has 25 heavy (non-hydrogen) atoms. The summed E-state index contributed by atoms with van der Waals surface area (Å²) in [6.45, 7) is 1.91. The first-order chi connectivity index (χ1) is 12.1. The van der Waals surface area contributed by atoms with Gasteiger partial charge >= 0.3 is 5.97 Å². The Morgan fingerprint density at radius 1 is 1.00 bits per heavy atom. The Morgan fingerprint density at radius 3 is 2.48 bits per heavy atom. The van der Waals surface area contributed by atoms with Crippen molar-refractivity contribution in [2.45, 2.75) is 6.92 Å². The number of aromatic nitrogens is 2. The molecule has 5 nitrogen and oxygen atoms in total. The van der Waals surface area contributed by atoms with Crippen molar-refractivity contribution in [2.75, 3.05) is 0 Å². The predicted octanol–water partition coefficient (Wildman–Crippen LogP) is 3.55. The summed E-state index contributed by atoms with van der Waals surface area (Å²) in [5.74, 6) is -1.28. The summed E-state index contributed by atoms with van der Waals surface area (Å²) in [4.78, 5) is 29.1. The molecule has 4 aromatic rings. The molecule has 2 heterocycles. The summed E-state index contributed by atoms with van der Waals surface area (Å²) < 4.78 is 1.36. The molecule has 0 saturated heterocycles. The molecule has 1 N–H and O–H groups in total. The lowest BCUT2D eigenvalue weighted by Gasteiger charge is -2.11. The molecule has 2 aromatic heterocycles. The number of rotatable bonds is 2. The number of pyridine rings is 2. The fourth-order valence-electron chi connectivity index (χ4n) is 3.05. The van der Waals surface area contributed by atoms with Crippen LogP contribution in [0.3, 0.4) is 0 Å². The summed E-state index contributed by atoms with van der Waals surface area (Å²) >= 11 is 0. The van der Waals surface area contributed by atoms with Crippen LogP contribution in [-0.4, -0.2) is 20.6 Å². The van der Waals surface area contributed by atoms with Crippen LogP contribution in [0, 0.1) is 6.92 Å². The molecule has 0 aliphatic heterocycles. The van der Waals surface area contributed by atoms with E-state index >= 15 is 0 Å². The molecule has 0 radical (unpaired) electrons. The number of carbonyl (C=O) groups is 1. The number of carboxylic acids is 1. The highest BCUT2D eigenvalue weighted by atomic mass is 16.4. The third kappa shape index (κ3) is 2.37. The van der Waals surface area contributed by atoms with Crippen LogP contribution < -0.4 is 5.56 Å². The van der Waals surface area contributed by atoms with Crippen LogP contribution in [0.5, 0.6) is 0 Å². The Balaban J connectivity index is 2.18. The molecule has 0 amide bonds. The van der Waals surface area contributed by atoms with Crippen molar-refractivity contribution in [3.63, 3.8) is 0 Å². The quantitative estimate of drug-likeness (QED) is 0.571. The number of hydrogen-bond donors (Lipinski definition) is 1. The molecule has 0 bridgehead atoms. The number of aromatic carboxylic acids is 1. The monoisotopic (exact) mass is 330 g/mol. The number of carboxylic acid groups (broad SMARTS) is 1. The lowest BCUT2D eigenvalue weighted by Crippen LogP contribution is -2.25. The smallest absolute Gasteiger partial charge is 0.343 e. The lowest BCUT2D eigenvalue weighted by molar-refractivity contribution is 0.0696. The number of para-hydroxylation sites is 2. The summed E-state index contributed by atoms with van der Waals surface area (Å²) in [6.07, 6.45) is 1.65. The molecule has 0 spiro atoms. The first-order valence-corrected chi connectivity index (χ1v) is 7.81. The van der Waals surface area contributed by atoms with Crippen molar-refractivity contribution in [2.24, 2.45) is 0 Å². The summed E-state index contributed by atoms with van der Waals surface area (Å²) in [6, 6.07) is 16.6. The molecule has 0 saturated carbocycles. The molecule has 2 aromatic carbocycles. The highest BCUT2D eigenvalue weighted by Crippen LogP contribution is 2.24. The molecule has 0 atom stereocenters. The number of benzene rings is 2. The third-order valence-electron chi connectivity index (χ3n) is 4.26. The van der Waals surface area contributed by atoms with Gasteiger partial charge in [-0.25, -0.2) is 9.78 Å². The molecule has 0 fully saturated rings. The summed E-state index contributed by atoms with van der Waals surface area (Å²) in [7, 11) is 0. The van der Waals surface area contributed by atoms with E-state index < -0.39 is 11.5 Å². The Bertz CT molecular complexity index is 1190. The largest absolute Gasteiger partial charge is 0.477 e. The van der Waals surface area contributed by atoms with Crippen LogP contribution in [0.25, 0.3) is 27.5 Å². The fraction of sp³-hybridized carbons (Fsp3) is 0.0500. The van der Waals surface area contributed by atoms with E-state index in [0.717, 1.165) is 10.9 Å². The van der Waals surface area contributed by atoms with E-state index in [9.17, 15) is 14.7 Å². The second-order valence-corrected chi connectivity index (χ2v) is 5.89. The van der Waals surface area contributed by atoms with Crippen molar-refractivity contribution in [1.82, 2.24) is 9.55 Å². The second kappa shape index (κ2) is 5.56. The van der Waals surface area contributed by atoms with Crippen LogP contribution >= 0.6 is 0 Å². The van der Waals surface area contributed by atoms with Gasteiger partial charge in [-0.2, -0.15) is 0 Å².